The Morgan fingerprint density at radius 3 is 2.78 bits per heavy atom. The largest absolute Gasteiger partial charge is 0.372 e. The average Bonchev–Trinajstić information content (AvgIpc) is 2.78. The minimum absolute atomic E-state index is 0.127. The third kappa shape index (κ3) is 2.83. The summed E-state index contributed by atoms with van der Waals surface area (Å²) in [6.45, 7) is 5.29. The first-order chi connectivity index (χ1) is 8.67. The Balaban J connectivity index is 2.10. The van der Waals surface area contributed by atoms with Crippen molar-refractivity contribution in [1.29, 1.82) is 0 Å². The first-order valence-electron chi connectivity index (χ1n) is 6.83. The fourth-order valence-corrected chi connectivity index (χ4v) is 3.10. The van der Waals surface area contributed by atoms with Gasteiger partial charge in [0.25, 0.3) is 0 Å². The fourth-order valence-electron chi connectivity index (χ4n) is 3.10. The molecule has 1 unspecified atom stereocenters. The van der Waals surface area contributed by atoms with E-state index < -0.39 is 0 Å². The highest BCUT2D eigenvalue weighted by molar-refractivity contribution is 5.47. The Morgan fingerprint density at radius 1 is 1.39 bits per heavy atom. The molecule has 1 aliphatic rings. The molecule has 0 amide bonds. The van der Waals surface area contributed by atoms with Crippen molar-refractivity contribution in [1.82, 2.24) is 5.32 Å². The SMILES string of the molecule is CCCC1(CN(C)c2ccccc2F)CCNC1. The van der Waals surface area contributed by atoms with Gasteiger partial charge in [0, 0.05) is 25.6 Å². The van der Waals surface area contributed by atoms with Gasteiger partial charge in [-0.3, -0.25) is 0 Å². The minimum Gasteiger partial charge on any atom is -0.372 e. The maximum atomic E-state index is 13.8. The smallest absolute Gasteiger partial charge is 0.146 e. The van der Waals surface area contributed by atoms with Gasteiger partial charge in [0.1, 0.15) is 5.82 Å². The number of anilines is 1. The van der Waals surface area contributed by atoms with Crippen LogP contribution >= 0.6 is 0 Å². The molecule has 18 heavy (non-hydrogen) atoms. The molecule has 1 aromatic rings. The van der Waals surface area contributed by atoms with Crippen molar-refractivity contribution in [2.75, 3.05) is 31.6 Å². The molecular formula is C15H23FN2. The van der Waals surface area contributed by atoms with E-state index in [-0.39, 0.29) is 5.82 Å². The van der Waals surface area contributed by atoms with Gasteiger partial charge < -0.3 is 10.2 Å². The zero-order chi connectivity index (χ0) is 13.0. The van der Waals surface area contributed by atoms with Crippen LogP contribution < -0.4 is 10.2 Å². The molecular weight excluding hydrogens is 227 g/mol. The van der Waals surface area contributed by atoms with Crippen LogP contribution in [-0.4, -0.2) is 26.7 Å². The number of rotatable bonds is 5. The predicted octanol–water partition coefficient (Wildman–Crippen LogP) is 3.04. The van der Waals surface area contributed by atoms with Crippen molar-refractivity contribution < 1.29 is 4.39 Å². The summed E-state index contributed by atoms with van der Waals surface area (Å²) < 4.78 is 13.8. The number of nitrogens with zero attached hydrogens (tertiary/aromatic N) is 1. The molecule has 1 fully saturated rings. The third-order valence-corrected chi connectivity index (χ3v) is 3.95. The predicted molar refractivity (Wildman–Crippen MR) is 74.5 cm³/mol. The summed E-state index contributed by atoms with van der Waals surface area (Å²) >= 11 is 0. The molecule has 1 aromatic carbocycles. The van der Waals surface area contributed by atoms with Crippen molar-refractivity contribution in [2.24, 2.45) is 5.41 Å². The van der Waals surface area contributed by atoms with Gasteiger partial charge in [-0.1, -0.05) is 25.5 Å². The summed E-state index contributed by atoms with van der Waals surface area (Å²) in [5.41, 5.74) is 1.02. The first-order valence-corrected chi connectivity index (χ1v) is 6.83. The van der Waals surface area contributed by atoms with Crippen LogP contribution in [0.25, 0.3) is 0 Å². The highest BCUT2D eigenvalue weighted by atomic mass is 19.1. The van der Waals surface area contributed by atoms with E-state index in [0.29, 0.717) is 11.1 Å². The number of hydrogen-bond acceptors (Lipinski definition) is 2. The second kappa shape index (κ2) is 5.70. The second-order valence-corrected chi connectivity index (χ2v) is 5.48. The lowest BCUT2D eigenvalue weighted by atomic mass is 9.82. The van der Waals surface area contributed by atoms with Gasteiger partial charge in [-0.2, -0.15) is 0 Å². The summed E-state index contributed by atoms with van der Waals surface area (Å²) in [6.07, 6.45) is 3.59. The van der Waals surface area contributed by atoms with Crippen molar-refractivity contribution >= 4 is 5.69 Å². The van der Waals surface area contributed by atoms with E-state index in [1.165, 1.54) is 25.3 Å². The molecule has 0 radical (unpaired) electrons. The molecule has 100 valence electrons. The normalized spacial score (nSPS) is 23.3. The zero-order valence-corrected chi connectivity index (χ0v) is 11.4. The van der Waals surface area contributed by atoms with Crippen molar-refractivity contribution in [3.05, 3.63) is 30.1 Å². The van der Waals surface area contributed by atoms with E-state index in [0.717, 1.165) is 19.6 Å². The topological polar surface area (TPSA) is 15.3 Å². The monoisotopic (exact) mass is 250 g/mol. The minimum atomic E-state index is -0.127. The number of nitrogens with one attached hydrogen (secondary N) is 1. The van der Waals surface area contributed by atoms with Crippen LogP contribution in [0.1, 0.15) is 26.2 Å². The van der Waals surface area contributed by atoms with Crippen LogP contribution in [0.4, 0.5) is 10.1 Å². The Kier molecular flexibility index (Phi) is 4.23. The van der Waals surface area contributed by atoms with Crippen molar-refractivity contribution in [3.8, 4) is 0 Å². The first kappa shape index (κ1) is 13.3. The summed E-state index contributed by atoms with van der Waals surface area (Å²) in [5, 5.41) is 3.45. The summed E-state index contributed by atoms with van der Waals surface area (Å²) in [4.78, 5) is 2.07. The molecule has 1 heterocycles. The van der Waals surface area contributed by atoms with Gasteiger partial charge in [0.05, 0.1) is 5.69 Å². The third-order valence-electron chi connectivity index (χ3n) is 3.95. The Morgan fingerprint density at radius 2 is 2.17 bits per heavy atom. The average molecular weight is 250 g/mol. The lowest BCUT2D eigenvalue weighted by Crippen LogP contribution is -2.37. The molecule has 1 atom stereocenters. The van der Waals surface area contributed by atoms with Gasteiger partial charge in [0.2, 0.25) is 0 Å². The highest BCUT2D eigenvalue weighted by Gasteiger charge is 2.34. The Hall–Kier alpha value is -1.09. The van der Waals surface area contributed by atoms with E-state index in [1.54, 1.807) is 6.07 Å². The van der Waals surface area contributed by atoms with Crippen LogP contribution in [0, 0.1) is 11.2 Å². The van der Waals surface area contributed by atoms with Crippen molar-refractivity contribution in [2.45, 2.75) is 26.2 Å². The van der Waals surface area contributed by atoms with Gasteiger partial charge in [0.15, 0.2) is 0 Å². The van der Waals surface area contributed by atoms with E-state index in [1.807, 2.05) is 19.2 Å². The van der Waals surface area contributed by atoms with Gasteiger partial charge in [-0.15, -0.1) is 0 Å². The lowest BCUT2D eigenvalue weighted by Gasteiger charge is -2.34. The molecule has 1 saturated heterocycles. The van der Waals surface area contributed by atoms with E-state index in [2.05, 4.69) is 17.1 Å². The van der Waals surface area contributed by atoms with Crippen LogP contribution in [0.5, 0.6) is 0 Å². The highest BCUT2D eigenvalue weighted by Crippen LogP contribution is 2.33. The van der Waals surface area contributed by atoms with Gasteiger partial charge in [-0.25, -0.2) is 4.39 Å². The molecule has 2 nitrogen and oxygen atoms in total. The van der Waals surface area contributed by atoms with Crippen LogP contribution in [-0.2, 0) is 0 Å². The van der Waals surface area contributed by atoms with Gasteiger partial charge >= 0.3 is 0 Å². The van der Waals surface area contributed by atoms with E-state index in [9.17, 15) is 4.39 Å². The fraction of sp³-hybridized carbons (Fsp3) is 0.600. The van der Waals surface area contributed by atoms with Gasteiger partial charge in [-0.05, 0) is 31.5 Å². The summed E-state index contributed by atoms with van der Waals surface area (Å²) in [5.74, 6) is -0.127. The van der Waals surface area contributed by atoms with E-state index in [4.69, 9.17) is 0 Å². The number of benzene rings is 1. The van der Waals surface area contributed by atoms with Crippen molar-refractivity contribution in [3.63, 3.8) is 0 Å². The van der Waals surface area contributed by atoms with Crippen LogP contribution in [0.2, 0.25) is 0 Å². The molecule has 0 aliphatic carbocycles. The maximum absolute atomic E-state index is 13.8. The lowest BCUT2D eigenvalue weighted by molar-refractivity contribution is 0.299. The standard InChI is InChI=1S/C15H23FN2/c1-3-8-15(9-10-17-11-15)12-18(2)14-7-5-4-6-13(14)16/h4-7,17H,3,8-12H2,1-2H3. The number of halogens is 1. The van der Waals surface area contributed by atoms with Crippen LogP contribution in [0.3, 0.4) is 0 Å². The Labute approximate surface area is 109 Å². The molecule has 0 bridgehead atoms. The molecule has 0 aromatic heterocycles. The second-order valence-electron chi connectivity index (χ2n) is 5.48. The maximum Gasteiger partial charge on any atom is 0.146 e. The Bertz CT molecular complexity index is 386. The quantitative estimate of drug-likeness (QED) is 0.864. The molecule has 2 rings (SSSR count). The summed E-state index contributed by atoms with van der Waals surface area (Å²) in [6, 6.07) is 7.03. The zero-order valence-electron chi connectivity index (χ0n) is 11.4. The molecule has 0 spiro atoms. The molecule has 0 saturated carbocycles. The van der Waals surface area contributed by atoms with Crippen LogP contribution in [0.15, 0.2) is 24.3 Å². The molecule has 3 heteroatoms. The van der Waals surface area contributed by atoms with E-state index >= 15 is 0 Å². The number of hydrogen-bond donors (Lipinski definition) is 1. The number of para-hydroxylation sites is 1. The molecule has 1 aliphatic heterocycles. The summed E-state index contributed by atoms with van der Waals surface area (Å²) in [7, 11) is 1.99. The molecule has 1 N–H and O–H groups in total.